The van der Waals surface area contributed by atoms with Gasteiger partial charge in [-0.05, 0) is 60.1 Å². The fourth-order valence-electron chi connectivity index (χ4n) is 1.68. The zero-order valence-electron chi connectivity index (χ0n) is 10.00. The smallest absolute Gasteiger partial charge is 0.267 e. The van der Waals surface area contributed by atoms with Crippen LogP contribution in [-0.2, 0) is 0 Å². The van der Waals surface area contributed by atoms with Crippen molar-refractivity contribution in [3.8, 4) is 0 Å². The highest BCUT2D eigenvalue weighted by molar-refractivity contribution is 9.10. The number of aryl methyl sites for hydroxylation is 2. The van der Waals surface area contributed by atoms with Crippen molar-refractivity contribution in [3.05, 3.63) is 57.6 Å². The van der Waals surface area contributed by atoms with Crippen molar-refractivity contribution < 1.29 is 9.18 Å². The van der Waals surface area contributed by atoms with Crippen LogP contribution in [0.5, 0.6) is 0 Å². The van der Waals surface area contributed by atoms with Crippen LogP contribution in [0, 0.1) is 19.7 Å². The highest BCUT2D eigenvalue weighted by Gasteiger charge is 2.12. The molecular weight excluding hydrogens is 299 g/mol. The van der Waals surface area contributed by atoms with Crippen LogP contribution in [0.4, 0.5) is 4.39 Å². The molecule has 94 valence electrons. The molecule has 0 fully saturated rings. The van der Waals surface area contributed by atoms with Gasteiger partial charge in [0.15, 0.2) is 0 Å². The van der Waals surface area contributed by atoms with Crippen LogP contribution in [0.1, 0.15) is 21.7 Å². The maximum atomic E-state index is 12.9. The number of hydrogen-bond donors (Lipinski definition) is 1. The molecule has 0 aliphatic carbocycles. The van der Waals surface area contributed by atoms with Crippen LogP contribution in [0.3, 0.4) is 0 Å². The average Bonchev–Trinajstić information content (AvgIpc) is 2.60. The summed E-state index contributed by atoms with van der Waals surface area (Å²) in [6, 6.07) is 7.80. The zero-order valence-corrected chi connectivity index (χ0v) is 11.6. The standard InChI is InChI=1S/C13H12BrFN2O/c1-8-3-4-9(2)17(8)16-13(18)11-6-5-10(15)7-12(11)14/h3-7H,1-2H3,(H,16,18). The van der Waals surface area contributed by atoms with E-state index in [9.17, 15) is 9.18 Å². The summed E-state index contributed by atoms with van der Waals surface area (Å²) >= 11 is 3.18. The largest absolute Gasteiger partial charge is 0.271 e. The number of carbonyl (C=O) groups is 1. The molecule has 1 N–H and O–H groups in total. The molecule has 1 heterocycles. The third kappa shape index (κ3) is 2.46. The molecule has 18 heavy (non-hydrogen) atoms. The van der Waals surface area contributed by atoms with Crippen molar-refractivity contribution in [2.45, 2.75) is 13.8 Å². The van der Waals surface area contributed by atoms with Crippen molar-refractivity contribution in [1.82, 2.24) is 4.68 Å². The minimum Gasteiger partial charge on any atom is -0.267 e. The van der Waals surface area contributed by atoms with Gasteiger partial charge >= 0.3 is 0 Å². The Balaban J connectivity index is 2.28. The summed E-state index contributed by atoms with van der Waals surface area (Å²) in [4.78, 5) is 12.1. The number of amides is 1. The second-order valence-electron chi connectivity index (χ2n) is 4.02. The molecule has 0 radical (unpaired) electrons. The molecule has 3 nitrogen and oxygen atoms in total. The molecule has 0 saturated carbocycles. The van der Waals surface area contributed by atoms with Crippen molar-refractivity contribution in [1.29, 1.82) is 0 Å². The van der Waals surface area contributed by atoms with Gasteiger partial charge in [-0.1, -0.05) is 0 Å². The van der Waals surface area contributed by atoms with Gasteiger partial charge in [-0.25, -0.2) is 4.39 Å². The van der Waals surface area contributed by atoms with Gasteiger partial charge in [0.05, 0.1) is 5.56 Å². The van der Waals surface area contributed by atoms with E-state index in [4.69, 9.17) is 0 Å². The van der Waals surface area contributed by atoms with Crippen LogP contribution >= 0.6 is 15.9 Å². The van der Waals surface area contributed by atoms with E-state index in [-0.39, 0.29) is 11.7 Å². The molecular formula is C13H12BrFN2O. The van der Waals surface area contributed by atoms with Crippen LogP contribution in [0.2, 0.25) is 0 Å². The Bertz CT molecular complexity index is 588. The van der Waals surface area contributed by atoms with Gasteiger partial charge in [-0.15, -0.1) is 0 Å². The molecule has 5 heteroatoms. The van der Waals surface area contributed by atoms with Gasteiger partial charge in [0.25, 0.3) is 5.91 Å². The molecule has 0 aliphatic rings. The van der Waals surface area contributed by atoms with Crippen LogP contribution < -0.4 is 5.43 Å². The normalized spacial score (nSPS) is 10.4. The first-order valence-electron chi connectivity index (χ1n) is 5.40. The Morgan fingerprint density at radius 3 is 2.39 bits per heavy atom. The molecule has 0 atom stereocenters. The minimum atomic E-state index is -0.383. The number of rotatable bonds is 2. The third-order valence-electron chi connectivity index (χ3n) is 2.66. The lowest BCUT2D eigenvalue weighted by Crippen LogP contribution is -2.25. The Labute approximate surface area is 113 Å². The quantitative estimate of drug-likeness (QED) is 0.906. The Kier molecular flexibility index (Phi) is 3.52. The fourth-order valence-corrected chi connectivity index (χ4v) is 2.21. The maximum absolute atomic E-state index is 12.9. The topological polar surface area (TPSA) is 34.0 Å². The van der Waals surface area contributed by atoms with Gasteiger partial charge < -0.3 is 0 Å². The van der Waals surface area contributed by atoms with Gasteiger partial charge in [-0.2, -0.15) is 0 Å². The summed E-state index contributed by atoms with van der Waals surface area (Å²) in [7, 11) is 0. The fraction of sp³-hybridized carbons (Fsp3) is 0.154. The van der Waals surface area contributed by atoms with E-state index >= 15 is 0 Å². The van der Waals surface area contributed by atoms with E-state index in [1.807, 2.05) is 26.0 Å². The molecule has 0 spiro atoms. The van der Waals surface area contributed by atoms with Gasteiger partial charge in [0.2, 0.25) is 0 Å². The van der Waals surface area contributed by atoms with E-state index in [1.54, 1.807) is 4.68 Å². The first-order valence-corrected chi connectivity index (χ1v) is 6.19. The molecule has 1 aromatic heterocycles. The molecule has 0 bridgehead atoms. The van der Waals surface area contributed by atoms with Crippen LogP contribution in [0.15, 0.2) is 34.8 Å². The molecule has 0 saturated heterocycles. The number of hydrogen-bond acceptors (Lipinski definition) is 1. The van der Waals surface area contributed by atoms with Crippen LogP contribution in [-0.4, -0.2) is 10.6 Å². The zero-order chi connectivity index (χ0) is 13.3. The van der Waals surface area contributed by atoms with Crippen molar-refractivity contribution in [2.24, 2.45) is 0 Å². The molecule has 0 aliphatic heterocycles. The minimum absolute atomic E-state index is 0.288. The number of benzene rings is 1. The Morgan fingerprint density at radius 2 is 1.83 bits per heavy atom. The summed E-state index contributed by atoms with van der Waals surface area (Å²) in [5, 5.41) is 0. The number of nitrogens with one attached hydrogen (secondary N) is 1. The van der Waals surface area contributed by atoms with Gasteiger partial charge in [0.1, 0.15) is 5.82 Å². The van der Waals surface area contributed by atoms with Gasteiger partial charge in [-0.3, -0.25) is 14.9 Å². The second-order valence-corrected chi connectivity index (χ2v) is 4.87. The summed E-state index contributed by atoms with van der Waals surface area (Å²) in [5.74, 6) is -0.670. The number of aromatic nitrogens is 1. The lowest BCUT2D eigenvalue weighted by Gasteiger charge is -2.12. The van der Waals surface area contributed by atoms with E-state index in [0.29, 0.717) is 10.0 Å². The number of carbonyl (C=O) groups excluding carboxylic acids is 1. The highest BCUT2D eigenvalue weighted by Crippen LogP contribution is 2.18. The molecule has 1 amide bonds. The van der Waals surface area contributed by atoms with Gasteiger partial charge in [0, 0.05) is 15.9 Å². The van der Waals surface area contributed by atoms with E-state index in [2.05, 4.69) is 21.4 Å². The molecule has 0 unspecified atom stereocenters. The average molecular weight is 311 g/mol. The summed E-state index contributed by atoms with van der Waals surface area (Å²) in [6.45, 7) is 3.79. The van der Waals surface area contributed by atoms with Crippen molar-refractivity contribution in [3.63, 3.8) is 0 Å². The predicted molar refractivity (Wildman–Crippen MR) is 71.7 cm³/mol. The summed E-state index contributed by atoms with van der Waals surface area (Å²) in [6.07, 6.45) is 0. The molecule has 2 rings (SSSR count). The number of nitrogens with zero attached hydrogens (tertiary/aromatic N) is 1. The Hall–Kier alpha value is -1.62. The summed E-state index contributed by atoms with van der Waals surface area (Å²) in [5.41, 5.74) is 5.01. The van der Waals surface area contributed by atoms with Crippen LogP contribution in [0.25, 0.3) is 0 Å². The second kappa shape index (κ2) is 4.94. The first kappa shape index (κ1) is 12.8. The van der Waals surface area contributed by atoms with Crippen molar-refractivity contribution >= 4 is 21.8 Å². The highest BCUT2D eigenvalue weighted by atomic mass is 79.9. The molecule has 2 aromatic rings. The van der Waals surface area contributed by atoms with E-state index < -0.39 is 0 Å². The first-order chi connectivity index (χ1) is 8.49. The maximum Gasteiger partial charge on any atom is 0.271 e. The lowest BCUT2D eigenvalue weighted by molar-refractivity contribution is 0.101. The number of halogens is 2. The third-order valence-corrected chi connectivity index (χ3v) is 3.32. The SMILES string of the molecule is Cc1ccc(C)n1NC(=O)c1ccc(F)cc1Br. The van der Waals surface area contributed by atoms with Crippen molar-refractivity contribution in [2.75, 3.05) is 5.43 Å². The van der Waals surface area contributed by atoms with E-state index in [1.165, 1.54) is 18.2 Å². The lowest BCUT2D eigenvalue weighted by atomic mass is 10.2. The summed E-state index contributed by atoms with van der Waals surface area (Å²) < 4.78 is 15.1. The predicted octanol–water partition coefficient (Wildman–Crippen LogP) is 3.39. The Morgan fingerprint density at radius 1 is 1.22 bits per heavy atom. The molecule has 1 aromatic carbocycles. The monoisotopic (exact) mass is 310 g/mol. The van der Waals surface area contributed by atoms with E-state index in [0.717, 1.165) is 11.4 Å².